The lowest BCUT2D eigenvalue weighted by molar-refractivity contribution is 0.543. The molecule has 0 fully saturated rings. The number of rotatable bonds is 4. The highest BCUT2D eigenvalue weighted by Crippen LogP contribution is 2.23. The minimum Gasteiger partial charge on any atom is -0.359 e. The van der Waals surface area contributed by atoms with Gasteiger partial charge in [0.1, 0.15) is 16.2 Å². The summed E-state index contributed by atoms with van der Waals surface area (Å²) in [5.41, 5.74) is -0.0289. The first kappa shape index (κ1) is 14.8. The smallest absolute Gasteiger partial charge is 0.137 e. The van der Waals surface area contributed by atoms with Crippen LogP contribution in [0.15, 0.2) is 10.7 Å². The Labute approximate surface area is 117 Å². The van der Waals surface area contributed by atoms with Crippen LogP contribution in [0, 0.1) is 0 Å². The molecule has 96 valence electrons. The van der Waals surface area contributed by atoms with Gasteiger partial charge in [-0.2, -0.15) is 11.8 Å². The second-order valence-electron chi connectivity index (χ2n) is 5.04. The van der Waals surface area contributed by atoms with Crippen LogP contribution in [0.3, 0.4) is 0 Å². The first-order valence-electron chi connectivity index (χ1n) is 5.59. The molecular formula is C12H20BrN3S. The quantitative estimate of drug-likeness (QED) is 0.796. The van der Waals surface area contributed by atoms with Crippen molar-refractivity contribution in [3.63, 3.8) is 0 Å². The fraction of sp³-hybridized carbons (Fsp3) is 0.667. The number of thioether (sulfide) groups is 1. The molecule has 5 heteroatoms. The van der Waals surface area contributed by atoms with E-state index in [1.165, 1.54) is 0 Å². The van der Waals surface area contributed by atoms with E-state index in [0.717, 1.165) is 28.5 Å². The first-order chi connectivity index (χ1) is 7.84. The summed E-state index contributed by atoms with van der Waals surface area (Å²) in [6.07, 6.45) is 2.12. The standard InChI is InChI=1S/C12H20BrN3S/c1-12(2,3)11-14-9(13)8-10(15-11)16(4)6-7-17-5/h8H,6-7H2,1-5H3. The van der Waals surface area contributed by atoms with E-state index in [1.54, 1.807) is 0 Å². The Kier molecular flexibility index (Phi) is 5.25. The van der Waals surface area contributed by atoms with E-state index in [1.807, 2.05) is 17.8 Å². The average Bonchev–Trinajstić information content (AvgIpc) is 2.23. The molecule has 0 spiro atoms. The van der Waals surface area contributed by atoms with Crippen LogP contribution in [-0.4, -0.2) is 35.6 Å². The third-order valence-corrected chi connectivity index (χ3v) is 3.37. The van der Waals surface area contributed by atoms with Gasteiger partial charge >= 0.3 is 0 Å². The Balaban J connectivity index is 2.97. The molecule has 0 saturated carbocycles. The van der Waals surface area contributed by atoms with Crippen molar-refractivity contribution in [3.05, 3.63) is 16.5 Å². The number of hydrogen-bond acceptors (Lipinski definition) is 4. The second-order valence-corrected chi connectivity index (χ2v) is 6.83. The highest BCUT2D eigenvalue weighted by Gasteiger charge is 2.19. The molecule has 0 unspecified atom stereocenters. The molecule has 1 aromatic heterocycles. The normalized spacial score (nSPS) is 11.6. The predicted molar refractivity (Wildman–Crippen MR) is 80.1 cm³/mol. The third-order valence-electron chi connectivity index (χ3n) is 2.37. The van der Waals surface area contributed by atoms with E-state index < -0.39 is 0 Å². The molecule has 1 rings (SSSR count). The Morgan fingerprint density at radius 3 is 2.53 bits per heavy atom. The Bertz CT molecular complexity index is 377. The lowest BCUT2D eigenvalue weighted by Crippen LogP contribution is -2.24. The molecule has 0 aliphatic rings. The maximum atomic E-state index is 4.63. The monoisotopic (exact) mass is 317 g/mol. The minimum absolute atomic E-state index is 0.0289. The van der Waals surface area contributed by atoms with Crippen LogP contribution in [0.4, 0.5) is 5.82 Å². The van der Waals surface area contributed by atoms with E-state index in [4.69, 9.17) is 0 Å². The second kappa shape index (κ2) is 6.05. The van der Waals surface area contributed by atoms with E-state index in [2.05, 4.69) is 64.9 Å². The summed E-state index contributed by atoms with van der Waals surface area (Å²) < 4.78 is 0.850. The summed E-state index contributed by atoms with van der Waals surface area (Å²) in [7, 11) is 2.07. The maximum absolute atomic E-state index is 4.63. The molecule has 0 bridgehead atoms. The van der Waals surface area contributed by atoms with Gasteiger partial charge in [0.25, 0.3) is 0 Å². The van der Waals surface area contributed by atoms with Crippen LogP contribution < -0.4 is 4.90 Å². The summed E-state index contributed by atoms with van der Waals surface area (Å²) in [6, 6.07) is 1.97. The number of hydrogen-bond donors (Lipinski definition) is 0. The zero-order valence-corrected chi connectivity index (χ0v) is 13.5. The number of aromatic nitrogens is 2. The summed E-state index contributed by atoms with van der Waals surface area (Å²) in [4.78, 5) is 11.2. The molecule has 0 aliphatic carbocycles. The molecule has 0 radical (unpaired) electrons. The van der Waals surface area contributed by atoms with Crippen molar-refractivity contribution in [2.24, 2.45) is 0 Å². The summed E-state index contributed by atoms with van der Waals surface area (Å²) in [5.74, 6) is 2.95. The minimum atomic E-state index is -0.0289. The zero-order chi connectivity index (χ0) is 13.1. The Morgan fingerprint density at radius 1 is 1.35 bits per heavy atom. The van der Waals surface area contributed by atoms with E-state index in [9.17, 15) is 0 Å². The van der Waals surface area contributed by atoms with Gasteiger partial charge in [0, 0.05) is 30.8 Å². The van der Waals surface area contributed by atoms with Gasteiger partial charge in [0.2, 0.25) is 0 Å². The molecule has 3 nitrogen and oxygen atoms in total. The largest absolute Gasteiger partial charge is 0.359 e. The molecule has 0 amide bonds. The molecule has 0 aromatic carbocycles. The van der Waals surface area contributed by atoms with Crippen LogP contribution in [0.5, 0.6) is 0 Å². The topological polar surface area (TPSA) is 29.0 Å². The first-order valence-corrected chi connectivity index (χ1v) is 7.78. The highest BCUT2D eigenvalue weighted by molar-refractivity contribution is 9.10. The van der Waals surface area contributed by atoms with Gasteiger partial charge < -0.3 is 4.90 Å². The molecule has 0 aliphatic heterocycles. The van der Waals surface area contributed by atoms with Crippen molar-refractivity contribution in [2.75, 3.05) is 30.5 Å². The summed E-state index contributed by atoms with van der Waals surface area (Å²) in [6.45, 7) is 7.37. The molecule has 0 atom stereocenters. The molecule has 1 aromatic rings. The highest BCUT2D eigenvalue weighted by atomic mass is 79.9. The van der Waals surface area contributed by atoms with Crippen LogP contribution in [0.25, 0.3) is 0 Å². The van der Waals surface area contributed by atoms with Gasteiger partial charge in [-0.1, -0.05) is 20.8 Å². The SMILES string of the molecule is CSCCN(C)c1cc(Br)nc(C(C)(C)C)n1. The number of anilines is 1. The Morgan fingerprint density at radius 2 is 2.00 bits per heavy atom. The molecular weight excluding hydrogens is 298 g/mol. The van der Waals surface area contributed by atoms with Crippen molar-refractivity contribution in [3.8, 4) is 0 Å². The van der Waals surface area contributed by atoms with Crippen LogP contribution in [-0.2, 0) is 5.41 Å². The van der Waals surface area contributed by atoms with Crippen molar-refractivity contribution in [2.45, 2.75) is 26.2 Å². The van der Waals surface area contributed by atoms with Crippen molar-refractivity contribution in [1.82, 2.24) is 9.97 Å². The summed E-state index contributed by atoms with van der Waals surface area (Å²) in [5, 5.41) is 0. The van der Waals surface area contributed by atoms with Crippen molar-refractivity contribution < 1.29 is 0 Å². The van der Waals surface area contributed by atoms with E-state index >= 15 is 0 Å². The molecule has 0 N–H and O–H groups in total. The van der Waals surface area contributed by atoms with E-state index in [0.29, 0.717) is 0 Å². The maximum Gasteiger partial charge on any atom is 0.137 e. The van der Waals surface area contributed by atoms with Crippen molar-refractivity contribution >= 4 is 33.5 Å². The van der Waals surface area contributed by atoms with Crippen LogP contribution in [0.2, 0.25) is 0 Å². The van der Waals surface area contributed by atoms with Gasteiger partial charge in [0.05, 0.1) is 0 Å². The van der Waals surface area contributed by atoms with Gasteiger partial charge in [-0.05, 0) is 22.2 Å². The van der Waals surface area contributed by atoms with Crippen molar-refractivity contribution in [1.29, 1.82) is 0 Å². The lowest BCUT2D eigenvalue weighted by Gasteiger charge is -2.22. The van der Waals surface area contributed by atoms with Gasteiger partial charge in [-0.3, -0.25) is 0 Å². The lowest BCUT2D eigenvalue weighted by atomic mass is 9.96. The van der Waals surface area contributed by atoms with Crippen LogP contribution >= 0.6 is 27.7 Å². The van der Waals surface area contributed by atoms with Gasteiger partial charge in [0.15, 0.2) is 0 Å². The zero-order valence-electron chi connectivity index (χ0n) is 11.1. The fourth-order valence-electron chi connectivity index (χ4n) is 1.28. The number of nitrogens with zero attached hydrogens (tertiary/aromatic N) is 3. The van der Waals surface area contributed by atoms with Crippen LogP contribution in [0.1, 0.15) is 26.6 Å². The fourth-order valence-corrected chi connectivity index (χ4v) is 2.11. The summed E-state index contributed by atoms with van der Waals surface area (Å²) >= 11 is 5.30. The van der Waals surface area contributed by atoms with Gasteiger partial charge in [-0.15, -0.1) is 0 Å². The third kappa shape index (κ3) is 4.47. The Hall–Kier alpha value is -0.290. The predicted octanol–water partition coefficient (Wildman–Crippen LogP) is 3.34. The molecule has 1 heterocycles. The molecule has 0 saturated heterocycles. The number of halogens is 1. The molecule has 17 heavy (non-hydrogen) atoms. The van der Waals surface area contributed by atoms with E-state index in [-0.39, 0.29) is 5.41 Å². The average molecular weight is 318 g/mol. The van der Waals surface area contributed by atoms with Gasteiger partial charge in [-0.25, -0.2) is 9.97 Å².